The SMILES string of the molecule is Nc1cc(OCc2ccccc2)c(Cl)cc1O. The predicted octanol–water partition coefficient (Wildman–Crippen LogP) is 3.21. The van der Waals surface area contributed by atoms with Crippen molar-refractivity contribution in [1.29, 1.82) is 0 Å². The molecular formula is C13H12ClNO2. The maximum atomic E-state index is 9.34. The summed E-state index contributed by atoms with van der Waals surface area (Å²) in [4.78, 5) is 0. The predicted molar refractivity (Wildman–Crippen MR) is 68.3 cm³/mol. The van der Waals surface area contributed by atoms with Gasteiger partial charge in [0.15, 0.2) is 0 Å². The molecule has 0 fully saturated rings. The fraction of sp³-hybridized carbons (Fsp3) is 0.0769. The quantitative estimate of drug-likeness (QED) is 0.649. The number of halogens is 1. The van der Waals surface area contributed by atoms with Crippen LogP contribution in [0.2, 0.25) is 5.02 Å². The van der Waals surface area contributed by atoms with Crippen LogP contribution in [0.4, 0.5) is 5.69 Å². The molecule has 0 unspecified atom stereocenters. The maximum Gasteiger partial charge on any atom is 0.140 e. The Balaban J connectivity index is 2.12. The first-order chi connectivity index (χ1) is 8.16. The van der Waals surface area contributed by atoms with Gasteiger partial charge in [0.05, 0.1) is 10.7 Å². The van der Waals surface area contributed by atoms with E-state index in [2.05, 4.69) is 0 Å². The number of hydrogen-bond acceptors (Lipinski definition) is 3. The van der Waals surface area contributed by atoms with Gasteiger partial charge in [-0.05, 0) is 5.56 Å². The minimum atomic E-state index is -0.0398. The molecule has 0 heterocycles. The van der Waals surface area contributed by atoms with Crippen molar-refractivity contribution >= 4 is 17.3 Å². The summed E-state index contributed by atoms with van der Waals surface area (Å²) < 4.78 is 5.54. The number of hydrogen-bond donors (Lipinski definition) is 2. The second-order valence-electron chi connectivity index (χ2n) is 3.62. The molecule has 0 spiro atoms. The van der Waals surface area contributed by atoms with Gasteiger partial charge in [-0.2, -0.15) is 0 Å². The maximum absolute atomic E-state index is 9.34. The zero-order valence-electron chi connectivity index (χ0n) is 9.06. The van der Waals surface area contributed by atoms with Crippen molar-refractivity contribution < 1.29 is 9.84 Å². The molecule has 2 aromatic rings. The summed E-state index contributed by atoms with van der Waals surface area (Å²) in [5.74, 6) is 0.424. The van der Waals surface area contributed by atoms with Gasteiger partial charge in [-0.3, -0.25) is 0 Å². The van der Waals surface area contributed by atoms with E-state index in [4.69, 9.17) is 22.1 Å². The lowest BCUT2D eigenvalue weighted by atomic mass is 10.2. The number of phenols is 1. The number of benzene rings is 2. The zero-order chi connectivity index (χ0) is 12.3. The Bertz CT molecular complexity index is 514. The molecule has 17 heavy (non-hydrogen) atoms. The molecule has 2 aromatic carbocycles. The number of phenolic OH excluding ortho intramolecular Hbond substituents is 1. The first-order valence-corrected chi connectivity index (χ1v) is 5.49. The average molecular weight is 250 g/mol. The molecule has 0 saturated heterocycles. The van der Waals surface area contributed by atoms with E-state index in [-0.39, 0.29) is 11.4 Å². The lowest BCUT2D eigenvalue weighted by molar-refractivity contribution is 0.306. The van der Waals surface area contributed by atoms with Gasteiger partial charge in [0.25, 0.3) is 0 Å². The van der Waals surface area contributed by atoms with E-state index in [9.17, 15) is 5.11 Å². The molecule has 0 bridgehead atoms. The molecule has 88 valence electrons. The molecule has 0 aromatic heterocycles. The van der Waals surface area contributed by atoms with E-state index in [0.717, 1.165) is 5.56 Å². The van der Waals surface area contributed by atoms with E-state index in [1.165, 1.54) is 12.1 Å². The Hall–Kier alpha value is -1.87. The van der Waals surface area contributed by atoms with E-state index in [1.54, 1.807) is 0 Å². The lowest BCUT2D eigenvalue weighted by Gasteiger charge is -2.09. The van der Waals surface area contributed by atoms with E-state index < -0.39 is 0 Å². The highest BCUT2D eigenvalue weighted by Gasteiger charge is 2.06. The van der Waals surface area contributed by atoms with E-state index in [0.29, 0.717) is 17.4 Å². The van der Waals surface area contributed by atoms with Crippen LogP contribution in [0, 0.1) is 0 Å². The van der Waals surface area contributed by atoms with Crippen molar-refractivity contribution in [2.45, 2.75) is 6.61 Å². The first-order valence-electron chi connectivity index (χ1n) is 5.11. The van der Waals surface area contributed by atoms with Crippen molar-refractivity contribution in [3.05, 3.63) is 53.1 Å². The molecule has 2 rings (SSSR count). The summed E-state index contributed by atoms with van der Waals surface area (Å²) in [6, 6.07) is 12.6. The summed E-state index contributed by atoms with van der Waals surface area (Å²) in [6.45, 7) is 0.408. The zero-order valence-corrected chi connectivity index (χ0v) is 9.82. The largest absolute Gasteiger partial charge is 0.506 e. The molecule has 0 aliphatic carbocycles. The van der Waals surface area contributed by atoms with Crippen LogP contribution >= 0.6 is 11.6 Å². The van der Waals surface area contributed by atoms with Gasteiger partial charge in [0.1, 0.15) is 18.1 Å². The first kappa shape index (κ1) is 11.6. The van der Waals surface area contributed by atoms with Crippen LogP contribution in [0.1, 0.15) is 5.56 Å². The van der Waals surface area contributed by atoms with Crippen molar-refractivity contribution in [2.75, 3.05) is 5.73 Å². The molecule has 0 saturated carbocycles. The molecule has 0 atom stereocenters. The van der Waals surface area contributed by atoms with Gasteiger partial charge in [0.2, 0.25) is 0 Å². The molecular weight excluding hydrogens is 238 g/mol. The fourth-order valence-corrected chi connectivity index (χ4v) is 1.62. The monoisotopic (exact) mass is 249 g/mol. The molecule has 0 radical (unpaired) electrons. The Morgan fingerprint density at radius 3 is 2.59 bits per heavy atom. The minimum absolute atomic E-state index is 0.0398. The number of ether oxygens (including phenoxy) is 1. The second-order valence-corrected chi connectivity index (χ2v) is 4.02. The molecule has 0 amide bonds. The average Bonchev–Trinajstić information content (AvgIpc) is 2.33. The van der Waals surface area contributed by atoms with Gasteiger partial charge in [-0.1, -0.05) is 41.9 Å². The van der Waals surface area contributed by atoms with Crippen LogP contribution in [0.15, 0.2) is 42.5 Å². The number of nitrogen functional groups attached to an aromatic ring is 1. The number of aromatic hydroxyl groups is 1. The second kappa shape index (κ2) is 4.97. The smallest absolute Gasteiger partial charge is 0.140 e. The Labute approximate surface area is 104 Å². The third-order valence-electron chi connectivity index (χ3n) is 2.32. The summed E-state index contributed by atoms with van der Waals surface area (Å²) in [7, 11) is 0. The summed E-state index contributed by atoms with van der Waals surface area (Å²) in [6.07, 6.45) is 0. The minimum Gasteiger partial charge on any atom is -0.506 e. The van der Waals surface area contributed by atoms with Crippen molar-refractivity contribution in [1.82, 2.24) is 0 Å². The third kappa shape index (κ3) is 2.82. The van der Waals surface area contributed by atoms with Crippen LogP contribution in [0.3, 0.4) is 0 Å². The summed E-state index contributed by atoms with van der Waals surface area (Å²) in [5.41, 5.74) is 6.85. The number of anilines is 1. The van der Waals surface area contributed by atoms with Crippen LogP contribution < -0.4 is 10.5 Å². The number of rotatable bonds is 3. The third-order valence-corrected chi connectivity index (χ3v) is 2.61. The van der Waals surface area contributed by atoms with Gasteiger partial charge < -0.3 is 15.6 Å². The molecule has 3 N–H and O–H groups in total. The highest BCUT2D eigenvalue weighted by atomic mass is 35.5. The van der Waals surface area contributed by atoms with E-state index in [1.807, 2.05) is 30.3 Å². The molecule has 4 heteroatoms. The van der Waals surface area contributed by atoms with Crippen molar-refractivity contribution in [3.8, 4) is 11.5 Å². The molecule has 3 nitrogen and oxygen atoms in total. The van der Waals surface area contributed by atoms with Gasteiger partial charge in [-0.25, -0.2) is 0 Å². The normalized spacial score (nSPS) is 10.2. The number of nitrogens with two attached hydrogens (primary N) is 1. The van der Waals surface area contributed by atoms with Crippen molar-refractivity contribution in [3.63, 3.8) is 0 Å². The van der Waals surface area contributed by atoms with Crippen LogP contribution in [0.25, 0.3) is 0 Å². The molecule has 0 aliphatic heterocycles. The van der Waals surface area contributed by atoms with Gasteiger partial charge in [0, 0.05) is 12.1 Å². The summed E-state index contributed by atoms with van der Waals surface area (Å²) >= 11 is 5.93. The standard InChI is InChI=1S/C13H12ClNO2/c14-10-6-12(16)11(15)7-13(10)17-8-9-4-2-1-3-5-9/h1-7,16H,8,15H2. The van der Waals surface area contributed by atoms with Crippen LogP contribution in [-0.4, -0.2) is 5.11 Å². The Kier molecular flexibility index (Phi) is 3.40. The topological polar surface area (TPSA) is 55.5 Å². The Morgan fingerprint density at radius 1 is 1.18 bits per heavy atom. The van der Waals surface area contributed by atoms with Crippen LogP contribution in [-0.2, 0) is 6.61 Å². The lowest BCUT2D eigenvalue weighted by Crippen LogP contribution is -1.97. The highest BCUT2D eigenvalue weighted by Crippen LogP contribution is 2.33. The van der Waals surface area contributed by atoms with Gasteiger partial charge >= 0.3 is 0 Å². The van der Waals surface area contributed by atoms with Gasteiger partial charge in [-0.15, -0.1) is 0 Å². The summed E-state index contributed by atoms with van der Waals surface area (Å²) in [5, 5.41) is 9.69. The highest BCUT2D eigenvalue weighted by molar-refractivity contribution is 6.32. The Morgan fingerprint density at radius 2 is 1.88 bits per heavy atom. The fourth-order valence-electron chi connectivity index (χ4n) is 1.40. The van der Waals surface area contributed by atoms with Crippen LogP contribution in [0.5, 0.6) is 11.5 Å². The molecule has 0 aliphatic rings. The van der Waals surface area contributed by atoms with Crippen molar-refractivity contribution in [2.24, 2.45) is 0 Å². The van der Waals surface area contributed by atoms with E-state index >= 15 is 0 Å².